The molecule has 1 fully saturated rings. The molecule has 1 heterocycles. The molecule has 1 saturated heterocycles. The minimum atomic E-state index is 0.103. The molecule has 0 aliphatic carbocycles. The van der Waals surface area contributed by atoms with Gasteiger partial charge in [-0.3, -0.25) is 4.90 Å². The average molecular weight is 186 g/mol. The Labute approximate surface area is 81.2 Å². The Kier molecular flexibility index (Phi) is 3.33. The van der Waals surface area contributed by atoms with Gasteiger partial charge in [0.25, 0.3) is 0 Å². The van der Waals surface area contributed by atoms with Gasteiger partial charge in [0.2, 0.25) is 0 Å². The van der Waals surface area contributed by atoms with E-state index in [0.29, 0.717) is 18.8 Å². The molecule has 0 spiro atoms. The Morgan fingerprint density at radius 1 is 1.31 bits per heavy atom. The lowest BCUT2D eigenvalue weighted by atomic mass is 10.0. The molecule has 0 bridgehead atoms. The molecule has 1 aliphatic heterocycles. The Balaban J connectivity index is 2.59. The van der Waals surface area contributed by atoms with Crippen molar-refractivity contribution in [3.05, 3.63) is 0 Å². The summed E-state index contributed by atoms with van der Waals surface area (Å²) >= 11 is 0. The smallest absolute Gasteiger partial charge is 0.0678 e. The number of nitrogens with two attached hydrogens (primary N) is 1. The van der Waals surface area contributed by atoms with Crippen LogP contribution in [-0.2, 0) is 4.74 Å². The molecule has 13 heavy (non-hydrogen) atoms. The van der Waals surface area contributed by atoms with Crippen LogP contribution in [0, 0.1) is 0 Å². The van der Waals surface area contributed by atoms with E-state index in [2.05, 4.69) is 32.6 Å². The Morgan fingerprint density at radius 2 is 1.77 bits per heavy atom. The molecule has 1 rings (SSSR count). The third-order valence-electron chi connectivity index (χ3n) is 2.78. The second kappa shape index (κ2) is 3.95. The van der Waals surface area contributed by atoms with Crippen LogP contribution in [0.3, 0.4) is 0 Å². The van der Waals surface area contributed by atoms with Gasteiger partial charge in [-0.25, -0.2) is 0 Å². The van der Waals surface area contributed by atoms with E-state index >= 15 is 0 Å². The molecular weight excluding hydrogens is 164 g/mol. The maximum absolute atomic E-state index is 5.75. The van der Waals surface area contributed by atoms with E-state index in [9.17, 15) is 0 Å². The molecule has 0 aromatic heterocycles. The Hall–Kier alpha value is -0.120. The molecule has 1 aliphatic rings. The van der Waals surface area contributed by atoms with Gasteiger partial charge in [-0.2, -0.15) is 0 Å². The lowest BCUT2D eigenvalue weighted by Crippen LogP contribution is -2.57. The van der Waals surface area contributed by atoms with Crippen molar-refractivity contribution < 1.29 is 4.74 Å². The molecule has 0 unspecified atom stereocenters. The second-order valence-corrected chi connectivity index (χ2v) is 4.68. The number of ether oxygens (including phenoxy) is 1. The lowest BCUT2D eigenvalue weighted by Gasteiger charge is -2.44. The van der Waals surface area contributed by atoms with Crippen LogP contribution in [0.4, 0.5) is 0 Å². The zero-order chi connectivity index (χ0) is 10.1. The van der Waals surface area contributed by atoms with Gasteiger partial charge in [0, 0.05) is 25.2 Å². The van der Waals surface area contributed by atoms with E-state index in [1.54, 1.807) is 0 Å². The highest BCUT2D eigenvalue weighted by Crippen LogP contribution is 2.19. The summed E-state index contributed by atoms with van der Waals surface area (Å²) in [5.74, 6) is 0. The molecule has 3 heteroatoms. The van der Waals surface area contributed by atoms with Gasteiger partial charge in [0.15, 0.2) is 0 Å². The number of morpholine rings is 1. The molecule has 0 aromatic rings. The average Bonchev–Trinajstić information content (AvgIpc) is 2.02. The molecular formula is C10H22N2O. The van der Waals surface area contributed by atoms with Crippen LogP contribution >= 0.6 is 0 Å². The van der Waals surface area contributed by atoms with Crippen molar-refractivity contribution in [1.82, 2.24) is 4.90 Å². The Morgan fingerprint density at radius 3 is 2.15 bits per heavy atom. The zero-order valence-electron chi connectivity index (χ0n) is 9.21. The topological polar surface area (TPSA) is 38.5 Å². The first-order chi connectivity index (χ1) is 5.95. The van der Waals surface area contributed by atoms with Crippen molar-refractivity contribution in [2.24, 2.45) is 5.73 Å². The van der Waals surface area contributed by atoms with E-state index < -0.39 is 0 Å². The van der Waals surface area contributed by atoms with Crippen molar-refractivity contribution in [1.29, 1.82) is 0 Å². The van der Waals surface area contributed by atoms with Crippen LogP contribution in [0.1, 0.15) is 27.7 Å². The molecule has 78 valence electrons. The first kappa shape index (κ1) is 11.0. The van der Waals surface area contributed by atoms with E-state index in [1.165, 1.54) is 0 Å². The summed E-state index contributed by atoms with van der Waals surface area (Å²) in [6.07, 6.45) is 0.657. The van der Waals surface area contributed by atoms with Gasteiger partial charge >= 0.3 is 0 Å². The van der Waals surface area contributed by atoms with Gasteiger partial charge in [-0.05, 0) is 27.7 Å². The summed E-state index contributed by atoms with van der Waals surface area (Å²) in [5, 5.41) is 0. The normalized spacial score (nSPS) is 32.1. The van der Waals surface area contributed by atoms with Crippen molar-refractivity contribution in [2.45, 2.75) is 45.4 Å². The molecule has 0 saturated carbocycles. The third kappa shape index (κ3) is 2.66. The maximum Gasteiger partial charge on any atom is 0.0678 e. The minimum Gasteiger partial charge on any atom is -0.373 e. The number of hydrogen-bond acceptors (Lipinski definition) is 3. The van der Waals surface area contributed by atoms with E-state index in [-0.39, 0.29) is 5.54 Å². The van der Waals surface area contributed by atoms with Gasteiger partial charge < -0.3 is 10.5 Å². The largest absolute Gasteiger partial charge is 0.373 e. The molecule has 0 aromatic carbocycles. The standard InChI is InChI=1S/C10H22N2O/c1-8-5-12(6-9(2)13-8)10(3,4)7-11/h8-9H,5-7,11H2,1-4H3/t8-,9-/m0/s1. The summed E-state index contributed by atoms with van der Waals surface area (Å²) in [6, 6.07) is 0. The zero-order valence-corrected chi connectivity index (χ0v) is 9.21. The highest BCUT2D eigenvalue weighted by molar-refractivity contribution is 4.87. The summed E-state index contributed by atoms with van der Waals surface area (Å²) in [5.41, 5.74) is 5.85. The second-order valence-electron chi connectivity index (χ2n) is 4.68. The fourth-order valence-electron chi connectivity index (χ4n) is 1.80. The number of rotatable bonds is 2. The highest BCUT2D eigenvalue weighted by Gasteiger charge is 2.31. The first-order valence-electron chi connectivity index (χ1n) is 5.06. The van der Waals surface area contributed by atoms with E-state index in [1.807, 2.05) is 0 Å². The van der Waals surface area contributed by atoms with Gasteiger partial charge in [0.1, 0.15) is 0 Å². The Bertz CT molecular complexity index is 160. The molecule has 0 radical (unpaired) electrons. The predicted octanol–water partition coefficient (Wildman–Crippen LogP) is 0.833. The maximum atomic E-state index is 5.75. The number of nitrogens with zero attached hydrogens (tertiary/aromatic N) is 1. The lowest BCUT2D eigenvalue weighted by molar-refractivity contribution is -0.0939. The summed E-state index contributed by atoms with van der Waals surface area (Å²) in [7, 11) is 0. The molecule has 3 nitrogen and oxygen atoms in total. The fourth-order valence-corrected chi connectivity index (χ4v) is 1.80. The van der Waals surface area contributed by atoms with Crippen LogP contribution in [0.5, 0.6) is 0 Å². The minimum absolute atomic E-state index is 0.103. The molecule has 2 atom stereocenters. The van der Waals surface area contributed by atoms with Gasteiger partial charge in [-0.15, -0.1) is 0 Å². The predicted molar refractivity (Wildman–Crippen MR) is 54.7 cm³/mol. The van der Waals surface area contributed by atoms with Crippen molar-refractivity contribution in [3.8, 4) is 0 Å². The van der Waals surface area contributed by atoms with Gasteiger partial charge in [0.05, 0.1) is 12.2 Å². The third-order valence-corrected chi connectivity index (χ3v) is 2.78. The fraction of sp³-hybridized carbons (Fsp3) is 1.00. The van der Waals surface area contributed by atoms with E-state index in [0.717, 1.165) is 13.1 Å². The summed E-state index contributed by atoms with van der Waals surface area (Å²) in [4.78, 5) is 2.42. The SMILES string of the molecule is C[C@H]1CN(C(C)(C)CN)C[C@H](C)O1. The highest BCUT2D eigenvalue weighted by atomic mass is 16.5. The monoisotopic (exact) mass is 186 g/mol. The molecule has 2 N–H and O–H groups in total. The van der Waals surface area contributed by atoms with Crippen LogP contribution in [-0.4, -0.2) is 42.3 Å². The van der Waals surface area contributed by atoms with Crippen molar-refractivity contribution >= 4 is 0 Å². The van der Waals surface area contributed by atoms with Crippen LogP contribution in [0.15, 0.2) is 0 Å². The summed E-state index contributed by atoms with van der Waals surface area (Å²) < 4.78 is 5.67. The first-order valence-corrected chi connectivity index (χ1v) is 5.06. The van der Waals surface area contributed by atoms with Crippen LogP contribution in [0.25, 0.3) is 0 Å². The van der Waals surface area contributed by atoms with Crippen molar-refractivity contribution in [3.63, 3.8) is 0 Å². The van der Waals surface area contributed by atoms with E-state index in [4.69, 9.17) is 10.5 Å². The van der Waals surface area contributed by atoms with Gasteiger partial charge in [-0.1, -0.05) is 0 Å². The number of hydrogen-bond donors (Lipinski definition) is 1. The molecule has 0 amide bonds. The quantitative estimate of drug-likeness (QED) is 0.694. The van der Waals surface area contributed by atoms with Crippen LogP contribution in [0.2, 0.25) is 0 Å². The van der Waals surface area contributed by atoms with Crippen molar-refractivity contribution in [2.75, 3.05) is 19.6 Å². The van der Waals surface area contributed by atoms with Crippen LogP contribution < -0.4 is 5.73 Å². The summed E-state index contributed by atoms with van der Waals surface area (Å²) in [6.45, 7) is 11.3.